The highest BCUT2D eigenvalue weighted by Gasteiger charge is 2.37. The Morgan fingerprint density at radius 3 is 2.67 bits per heavy atom. The van der Waals surface area contributed by atoms with Gasteiger partial charge in [0.15, 0.2) is 0 Å². The van der Waals surface area contributed by atoms with E-state index < -0.39 is 0 Å². The average Bonchev–Trinajstić information content (AvgIpc) is 2.61. The van der Waals surface area contributed by atoms with E-state index in [1.807, 2.05) is 0 Å². The number of hydrogen-bond donors (Lipinski definition) is 3. The van der Waals surface area contributed by atoms with Gasteiger partial charge in [-0.2, -0.15) is 0 Å². The number of nitrogens with zero attached hydrogens (tertiary/aromatic N) is 1. The lowest BCUT2D eigenvalue weighted by Crippen LogP contribution is -2.69. The molecule has 0 bridgehead atoms. The number of nitrogens with one attached hydrogen (secondary N) is 3. The molecule has 3 aliphatic rings. The van der Waals surface area contributed by atoms with Crippen LogP contribution in [0.5, 0.6) is 0 Å². The van der Waals surface area contributed by atoms with Gasteiger partial charge in [0.2, 0.25) is 0 Å². The summed E-state index contributed by atoms with van der Waals surface area (Å²) >= 11 is 6.22. The van der Waals surface area contributed by atoms with Crippen LogP contribution in [0.3, 0.4) is 0 Å². The van der Waals surface area contributed by atoms with Crippen LogP contribution in [0, 0.1) is 0 Å². The molecule has 4 nitrogen and oxygen atoms in total. The smallest absolute Gasteiger partial charge is 0.136 e. The van der Waals surface area contributed by atoms with Crippen molar-refractivity contribution in [3.05, 3.63) is 0 Å². The summed E-state index contributed by atoms with van der Waals surface area (Å²) in [7, 11) is 0. The standard InChI is InChI=1S/C13H25ClN4/c14-13-16-9-11-12(17-13)18(8-4-7-15-11)10-5-2-1-3-6-10/h10-13,15-17H,1-9H2. The van der Waals surface area contributed by atoms with E-state index in [4.69, 9.17) is 11.6 Å². The van der Waals surface area contributed by atoms with Crippen molar-refractivity contribution in [3.8, 4) is 0 Å². The Labute approximate surface area is 115 Å². The number of halogens is 1. The van der Waals surface area contributed by atoms with Crippen LogP contribution in [0.4, 0.5) is 0 Å². The lowest BCUT2D eigenvalue weighted by Gasteiger charge is -2.45. The molecule has 0 aromatic heterocycles. The molecule has 3 unspecified atom stereocenters. The van der Waals surface area contributed by atoms with Gasteiger partial charge in [-0.05, 0) is 25.8 Å². The number of alkyl halides is 1. The second kappa shape index (κ2) is 6.06. The zero-order valence-electron chi connectivity index (χ0n) is 11.0. The maximum Gasteiger partial charge on any atom is 0.136 e. The molecule has 3 rings (SSSR count). The summed E-state index contributed by atoms with van der Waals surface area (Å²) in [6.07, 6.45) is 8.60. The van der Waals surface area contributed by atoms with E-state index in [0.29, 0.717) is 12.2 Å². The van der Waals surface area contributed by atoms with E-state index in [0.717, 1.165) is 19.1 Å². The van der Waals surface area contributed by atoms with Crippen LogP contribution in [0.2, 0.25) is 0 Å². The number of fused-ring (bicyclic) bond motifs is 1. The van der Waals surface area contributed by atoms with Crippen molar-refractivity contribution < 1.29 is 0 Å². The van der Waals surface area contributed by atoms with Crippen molar-refractivity contribution in [1.29, 1.82) is 0 Å². The Morgan fingerprint density at radius 1 is 1.00 bits per heavy atom. The van der Waals surface area contributed by atoms with Crippen molar-refractivity contribution in [2.75, 3.05) is 19.6 Å². The minimum atomic E-state index is -0.0859. The molecule has 0 aromatic rings. The summed E-state index contributed by atoms with van der Waals surface area (Å²) in [4.78, 5) is 2.69. The van der Waals surface area contributed by atoms with Gasteiger partial charge in [-0.3, -0.25) is 15.5 Å². The van der Waals surface area contributed by atoms with Crippen LogP contribution >= 0.6 is 11.6 Å². The van der Waals surface area contributed by atoms with E-state index >= 15 is 0 Å². The Morgan fingerprint density at radius 2 is 1.83 bits per heavy atom. The highest BCUT2D eigenvalue weighted by Crippen LogP contribution is 2.26. The van der Waals surface area contributed by atoms with Crippen LogP contribution in [-0.4, -0.2) is 48.4 Å². The molecule has 2 saturated heterocycles. The highest BCUT2D eigenvalue weighted by atomic mass is 35.5. The molecule has 2 heterocycles. The first-order valence-corrected chi connectivity index (χ1v) is 7.91. The molecule has 3 atom stereocenters. The summed E-state index contributed by atoms with van der Waals surface area (Å²) in [6, 6.07) is 1.25. The molecule has 104 valence electrons. The minimum Gasteiger partial charge on any atom is -0.310 e. The van der Waals surface area contributed by atoms with Crippen molar-refractivity contribution in [2.45, 2.75) is 62.4 Å². The van der Waals surface area contributed by atoms with Gasteiger partial charge in [0.25, 0.3) is 0 Å². The zero-order valence-corrected chi connectivity index (χ0v) is 11.8. The van der Waals surface area contributed by atoms with Crippen LogP contribution in [0.1, 0.15) is 38.5 Å². The fourth-order valence-electron chi connectivity index (χ4n) is 3.69. The Bertz CT molecular complexity index is 270. The van der Waals surface area contributed by atoms with E-state index in [1.165, 1.54) is 45.1 Å². The van der Waals surface area contributed by atoms with Gasteiger partial charge < -0.3 is 5.32 Å². The highest BCUT2D eigenvalue weighted by molar-refractivity contribution is 6.20. The molecule has 0 radical (unpaired) electrons. The van der Waals surface area contributed by atoms with Crippen molar-refractivity contribution in [1.82, 2.24) is 20.9 Å². The third kappa shape index (κ3) is 2.83. The van der Waals surface area contributed by atoms with E-state index in [9.17, 15) is 0 Å². The molecule has 0 amide bonds. The SMILES string of the molecule is ClC1NCC2NCCCN(C3CCCCC3)C2N1. The van der Waals surface area contributed by atoms with Crippen LogP contribution in [-0.2, 0) is 0 Å². The molecule has 18 heavy (non-hydrogen) atoms. The van der Waals surface area contributed by atoms with Crippen molar-refractivity contribution in [2.24, 2.45) is 0 Å². The first-order valence-electron chi connectivity index (χ1n) is 7.47. The Hall–Kier alpha value is 0.130. The molecule has 0 spiro atoms. The van der Waals surface area contributed by atoms with Gasteiger partial charge in [-0.1, -0.05) is 30.9 Å². The summed E-state index contributed by atoms with van der Waals surface area (Å²) in [5.74, 6) is 0. The Kier molecular flexibility index (Phi) is 4.42. The molecular weight excluding hydrogens is 248 g/mol. The third-order valence-electron chi connectivity index (χ3n) is 4.62. The minimum absolute atomic E-state index is 0.0859. The predicted molar refractivity (Wildman–Crippen MR) is 74.6 cm³/mol. The van der Waals surface area contributed by atoms with Gasteiger partial charge in [-0.25, -0.2) is 0 Å². The maximum absolute atomic E-state index is 6.22. The van der Waals surface area contributed by atoms with E-state index in [-0.39, 0.29) is 5.62 Å². The molecule has 0 aromatic carbocycles. The predicted octanol–water partition coefficient (Wildman–Crippen LogP) is 1.02. The molecular formula is C13H25ClN4. The molecule has 1 aliphatic carbocycles. The van der Waals surface area contributed by atoms with Gasteiger partial charge in [0, 0.05) is 25.2 Å². The quantitative estimate of drug-likeness (QED) is 0.492. The molecule has 2 aliphatic heterocycles. The van der Waals surface area contributed by atoms with Gasteiger partial charge >= 0.3 is 0 Å². The second-order valence-corrected chi connectivity index (χ2v) is 6.26. The molecule has 1 saturated carbocycles. The molecule has 3 fully saturated rings. The Balaban J connectivity index is 1.72. The van der Waals surface area contributed by atoms with Crippen LogP contribution in [0.25, 0.3) is 0 Å². The summed E-state index contributed by atoms with van der Waals surface area (Å²) < 4.78 is 0. The number of hydrogen-bond acceptors (Lipinski definition) is 4. The monoisotopic (exact) mass is 272 g/mol. The number of rotatable bonds is 1. The fraction of sp³-hybridized carbons (Fsp3) is 1.00. The largest absolute Gasteiger partial charge is 0.310 e. The first kappa shape index (κ1) is 13.1. The maximum atomic E-state index is 6.22. The van der Waals surface area contributed by atoms with Crippen LogP contribution in [0.15, 0.2) is 0 Å². The zero-order chi connectivity index (χ0) is 12.4. The molecule has 5 heteroatoms. The van der Waals surface area contributed by atoms with E-state index in [2.05, 4.69) is 20.9 Å². The lowest BCUT2D eigenvalue weighted by atomic mass is 9.93. The van der Waals surface area contributed by atoms with Crippen LogP contribution < -0.4 is 16.0 Å². The average molecular weight is 273 g/mol. The van der Waals surface area contributed by atoms with Crippen molar-refractivity contribution in [3.63, 3.8) is 0 Å². The van der Waals surface area contributed by atoms with Crippen molar-refractivity contribution >= 4 is 11.6 Å². The summed E-state index contributed by atoms with van der Waals surface area (Å²) in [5.41, 5.74) is -0.0859. The van der Waals surface area contributed by atoms with Gasteiger partial charge in [0.1, 0.15) is 5.62 Å². The third-order valence-corrected chi connectivity index (χ3v) is 4.90. The molecule has 3 N–H and O–H groups in total. The summed E-state index contributed by atoms with van der Waals surface area (Å²) in [5, 5.41) is 10.5. The topological polar surface area (TPSA) is 39.3 Å². The van der Waals surface area contributed by atoms with E-state index in [1.54, 1.807) is 0 Å². The van der Waals surface area contributed by atoms with Gasteiger partial charge in [-0.15, -0.1) is 0 Å². The first-order chi connectivity index (χ1) is 8.84. The normalized spacial score (nSPS) is 40.2. The second-order valence-electron chi connectivity index (χ2n) is 5.83. The lowest BCUT2D eigenvalue weighted by molar-refractivity contribution is 0.0551. The summed E-state index contributed by atoms with van der Waals surface area (Å²) in [6.45, 7) is 3.30. The fourth-order valence-corrected chi connectivity index (χ4v) is 3.91. The van der Waals surface area contributed by atoms with Gasteiger partial charge in [0.05, 0.1) is 6.17 Å².